The van der Waals surface area contributed by atoms with Gasteiger partial charge in [0.05, 0.1) is 12.1 Å². The molecule has 2 unspecified atom stereocenters. The molecule has 0 radical (unpaired) electrons. The molecule has 1 aliphatic rings. The Morgan fingerprint density at radius 3 is 2.95 bits per heavy atom. The van der Waals surface area contributed by atoms with E-state index in [2.05, 4.69) is 31.5 Å². The summed E-state index contributed by atoms with van der Waals surface area (Å²) >= 11 is 3.45. The summed E-state index contributed by atoms with van der Waals surface area (Å²) in [4.78, 5) is 0. The number of rotatable bonds is 3. The minimum absolute atomic E-state index is 0.168. The number of hydrogen-bond acceptors (Lipinski definition) is 5. The highest BCUT2D eigenvalue weighted by Gasteiger charge is 2.31. The number of aromatic nitrogens is 4. The van der Waals surface area contributed by atoms with Crippen molar-refractivity contribution in [1.82, 2.24) is 20.2 Å². The number of benzene rings is 1. The highest BCUT2D eigenvalue weighted by molar-refractivity contribution is 9.10. The lowest BCUT2D eigenvalue weighted by molar-refractivity contribution is 0.0708. The number of ether oxygens (including phenoxy) is 1. The zero-order chi connectivity index (χ0) is 14.1. The molecule has 20 heavy (non-hydrogen) atoms. The second-order valence-corrected chi connectivity index (χ2v) is 5.91. The van der Waals surface area contributed by atoms with Gasteiger partial charge < -0.3 is 10.5 Å². The summed E-state index contributed by atoms with van der Waals surface area (Å²) in [7, 11) is 1.74. The molecule has 1 heterocycles. The van der Waals surface area contributed by atoms with E-state index in [0.29, 0.717) is 5.69 Å². The third kappa shape index (κ3) is 2.43. The molecule has 1 aliphatic carbocycles. The average molecular weight is 338 g/mol. The van der Waals surface area contributed by atoms with Crippen molar-refractivity contribution >= 4 is 21.6 Å². The first-order chi connectivity index (χ1) is 9.69. The summed E-state index contributed by atoms with van der Waals surface area (Å²) < 4.78 is 8.31. The quantitative estimate of drug-likeness (QED) is 0.870. The van der Waals surface area contributed by atoms with Crippen molar-refractivity contribution in [2.75, 3.05) is 12.8 Å². The number of halogens is 1. The first-order valence-corrected chi connectivity index (χ1v) is 7.35. The van der Waals surface area contributed by atoms with Crippen LogP contribution in [0.5, 0.6) is 0 Å². The predicted molar refractivity (Wildman–Crippen MR) is 79.1 cm³/mol. The van der Waals surface area contributed by atoms with Crippen LogP contribution in [-0.4, -0.2) is 33.4 Å². The van der Waals surface area contributed by atoms with Crippen molar-refractivity contribution in [3.05, 3.63) is 22.7 Å². The van der Waals surface area contributed by atoms with E-state index in [-0.39, 0.29) is 12.1 Å². The number of hydrogen-bond donors (Lipinski definition) is 1. The fraction of sp³-hybridized carbons (Fsp3) is 0.462. The lowest BCUT2D eigenvalue weighted by atomic mass is 10.1. The van der Waals surface area contributed by atoms with Gasteiger partial charge in [0.2, 0.25) is 0 Å². The van der Waals surface area contributed by atoms with E-state index in [1.807, 2.05) is 22.9 Å². The second-order valence-electron chi connectivity index (χ2n) is 4.99. The molecule has 1 aromatic heterocycles. The summed E-state index contributed by atoms with van der Waals surface area (Å²) in [5.74, 6) is 0.729. The van der Waals surface area contributed by atoms with Crippen molar-refractivity contribution in [2.24, 2.45) is 0 Å². The highest BCUT2D eigenvalue weighted by Crippen LogP contribution is 2.34. The van der Waals surface area contributed by atoms with E-state index < -0.39 is 0 Å². The Kier molecular flexibility index (Phi) is 3.71. The summed E-state index contributed by atoms with van der Waals surface area (Å²) in [6.45, 7) is 0. The van der Waals surface area contributed by atoms with E-state index >= 15 is 0 Å². The van der Waals surface area contributed by atoms with Gasteiger partial charge in [0.15, 0.2) is 5.82 Å². The molecule has 0 amide bonds. The van der Waals surface area contributed by atoms with Gasteiger partial charge in [-0.2, -0.15) is 0 Å². The molecular weight excluding hydrogens is 322 g/mol. The van der Waals surface area contributed by atoms with Crippen LogP contribution >= 0.6 is 15.9 Å². The van der Waals surface area contributed by atoms with Gasteiger partial charge in [0, 0.05) is 22.8 Å². The first-order valence-electron chi connectivity index (χ1n) is 6.56. The maximum atomic E-state index is 5.89. The molecule has 1 aromatic carbocycles. The van der Waals surface area contributed by atoms with Crippen molar-refractivity contribution < 1.29 is 4.74 Å². The van der Waals surface area contributed by atoms with Gasteiger partial charge >= 0.3 is 0 Å². The largest absolute Gasteiger partial charge is 0.399 e. The molecule has 106 valence electrons. The number of methoxy groups -OCH3 is 1. The second kappa shape index (κ2) is 5.49. The molecule has 7 heteroatoms. The average Bonchev–Trinajstić information content (AvgIpc) is 3.05. The van der Waals surface area contributed by atoms with Crippen molar-refractivity contribution in [3.63, 3.8) is 0 Å². The van der Waals surface area contributed by atoms with Crippen LogP contribution in [0.3, 0.4) is 0 Å². The molecule has 0 bridgehead atoms. The summed E-state index contributed by atoms with van der Waals surface area (Å²) in [5.41, 5.74) is 7.48. The van der Waals surface area contributed by atoms with Crippen LogP contribution in [-0.2, 0) is 4.74 Å². The number of nitrogens with two attached hydrogens (primary N) is 1. The van der Waals surface area contributed by atoms with Crippen LogP contribution in [0.2, 0.25) is 0 Å². The highest BCUT2D eigenvalue weighted by atomic mass is 79.9. The summed E-state index contributed by atoms with van der Waals surface area (Å²) in [5, 5.41) is 12.1. The Bertz CT molecular complexity index is 594. The smallest absolute Gasteiger partial charge is 0.182 e. The molecule has 2 atom stereocenters. The minimum Gasteiger partial charge on any atom is -0.399 e. The van der Waals surface area contributed by atoms with Crippen molar-refractivity contribution in [2.45, 2.75) is 31.4 Å². The zero-order valence-corrected chi connectivity index (χ0v) is 12.7. The van der Waals surface area contributed by atoms with Crippen LogP contribution < -0.4 is 5.73 Å². The molecule has 2 aromatic rings. The molecule has 0 spiro atoms. The maximum Gasteiger partial charge on any atom is 0.182 e. The van der Waals surface area contributed by atoms with Crippen LogP contribution in [0.25, 0.3) is 11.4 Å². The van der Waals surface area contributed by atoms with Gasteiger partial charge in [0.25, 0.3) is 0 Å². The van der Waals surface area contributed by atoms with E-state index in [4.69, 9.17) is 10.5 Å². The van der Waals surface area contributed by atoms with Gasteiger partial charge in [-0.25, -0.2) is 4.68 Å². The first kappa shape index (κ1) is 13.5. The molecule has 3 rings (SSSR count). The Hall–Kier alpha value is -1.47. The summed E-state index contributed by atoms with van der Waals surface area (Å²) in [6.07, 6.45) is 3.37. The van der Waals surface area contributed by atoms with Gasteiger partial charge in [0.1, 0.15) is 0 Å². The third-order valence-electron chi connectivity index (χ3n) is 3.71. The minimum atomic E-state index is 0.168. The third-order valence-corrected chi connectivity index (χ3v) is 4.16. The van der Waals surface area contributed by atoms with E-state index in [9.17, 15) is 0 Å². The lowest BCUT2D eigenvalue weighted by Crippen LogP contribution is -2.22. The number of anilines is 1. The molecule has 6 nitrogen and oxygen atoms in total. The number of nitrogens with zero attached hydrogens (tertiary/aromatic N) is 4. The van der Waals surface area contributed by atoms with Gasteiger partial charge in [-0.3, -0.25) is 0 Å². The van der Waals surface area contributed by atoms with E-state index in [0.717, 1.165) is 35.1 Å². The Balaban J connectivity index is 2.01. The molecule has 1 saturated carbocycles. The fourth-order valence-electron chi connectivity index (χ4n) is 2.81. The number of nitrogen functional groups attached to an aromatic ring is 1. The predicted octanol–water partition coefficient (Wildman–Crippen LogP) is 2.42. The molecule has 2 N–H and O–H groups in total. The normalized spacial score (nSPS) is 22.3. The molecular formula is C13H16BrN5O. The molecule has 0 aliphatic heterocycles. The summed E-state index contributed by atoms with van der Waals surface area (Å²) in [6, 6.07) is 5.88. The standard InChI is InChI=1S/C13H16BrN5O/c1-20-12-4-2-3-11(12)19-13(16-17-18-19)8-5-9(14)7-10(15)6-8/h5-7,11-12H,2-4,15H2,1H3. The van der Waals surface area contributed by atoms with Crippen LogP contribution in [0.4, 0.5) is 5.69 Å². The Morgan fingerprint density at radius 1 is 1.35 bits per heavy atom. The van der Waals surface area contributed by atoms with Gasteiger partial charge in [-0.1, -0.05) is 15.9 Å². The molecule has 1 fully saturated rings. The van der Waals surface area contributed by atoms with Crippen LogP contribution in [0.1, 0.15) is 25.3 Å². The van der Waals surface area contributed by atoms with Crippen molar-refractivity contribution in [3.8, 4) is 11.4 Å². The topological polar surface area (TPSA) is 78.8 Å². The molecule has 0 saturated heterocycles. The maximum absolute atomic E-state index is 5.89. The van der Waals surface area contributed by atoms with E-state index in [1.165, 1.54) is 0 Å². The zero-order valence-electron chi connectivity index (χ0n) is 11.2. The van der Waals surface area contributed by atoms with Crippen LogP contribution in [0.15, 0.2) is 22.7 Å². The van der Waals surface area contributed by atoms with Gasteiger partial charge in [-0.15, -0.1) is 5.10 Å². The Labute approximate surface area is 125 Å². The van der Waals surface area contributed by atoms with Crippen molar-refractivity contribution in [1.29, 1.82) is 0 Å². The van der Waals surface area contributed by atoms with E-state index in [1.54, 1.807) is 7.11 Å². The van der Waals surface area contributed by atoms with Gasteiger partial charge in [-0.05, 0) is 47.9 Å². The number of tetrazole rings is 1. The monoisotopic (exact) mass is 337 g/mol. The Morgan fingerprint density at radius 2 is 2.20 bits per heavy atom. The fourth-order valence-corrected chi connectivity index (χ4v) is 3.32. The SMILES string of the molecule is COC1CCCC1n1nnnc1-c1cc(N)cc(Br)c1. The lowest BCUT2D eigenvalue weighted by Gasteiger charge is -2.19. The van der Waals surface area contributed by atoms with Crippen LogP contribution in [0, 0.1) is 0 Å².